The molecule has 2 aromatic carbocycles. The quantitative estimate of drug-likeness (QED) is 0.778. The fourth-order valence-electron chi connectivity index (χ4n) is 2.07. The number of ether oxygens (including phenoxy) is 2. The summed E-state index contributed by atoms with van der Waals surface area (Å²) in [6.07, 6.45) is 0. The number of ketones is 1. The van der Waals surface area contributed by atoms with Crippen LogP contribution in [-0.4, -0.2) is 19.5 Å². The minimum atomic E-state index is -0.00768. The molecule has 0 aliphatic heterocycles. The third-order valence-electron chi connectivity index (χ3n) is 3.09. The molecule has 0 bridgehead atoms. The standard InChI is InChI=1S/C17H18O3/c1-4-20-15-7-5-6-13(11-15)17(18)16-9-8-14(19-3)10-12(16)2/h5-11H,4H2,1-3H3. The van der Waals surface area contributed by atoms with E-state index in [0.29, 0.717) is 23.5 Å². The summed E-state index contributed by atoms with van der Waals surface area (Å²) in [5, 5.41) is 0. The van der Waals surface area contributed by atoms with Gasteiger partial charge in [0, 0.05) is 11.1 Å². The van der Waals surface area contributed by atoms with Crippen LogP contribution in [0.2, 0.25) is 0 Å². The Hall–Kier alpha value is -2.29. The Morgan fingerprint density at radius 2 is 1.90 bits per heavy atom. The molecule has 0 heterocycles. The molecule has 0 N–H and O–H groups in total. The number of rotatable bonds is 5. The highest BCUT2D eigenvalue weighted by Gasteiger charge is 2.13. The van der Waals surface area contributed by atoms with Crippen LogP contribution >= 0.6 is 0 Å². The molecular formula is C17H18O3. The normalized spacial score (nSPS) is 10.2. The van der Waals surface area contributed by atoms with Gasteiger partial charge in [-0.05, 0) is 49.7 Å². The SMILES string of the molecule is CCOc1cccc(C(=O)c2ccc(OC)cc2C)c1. The molecule has 3 nitrogen and oxygen atoms in total. The zero-order valence-corrected chi connectivity index (χ0v) is 12.0. The molecule has 3 heteroatoms. The third kappa shape index (κ3) is 2.99. The highest BCUT2D eigenvalue weighted by Crippen LogP contribution is 2.21. The summed E-state index contributed by atoms with van der Waals surface area (Å²) in [7, 11) is 1.61. The van der Waals surface area contributed by atoms with E-state index < -0.39 is 0 Å². The Bertz CT molecular complexity index is 617. The monoisotopic (exact) mass is 270 g/mol. The lowest BCUT2D eigenvalue weighted by atomic mass is 9.99. The zero-order chi connectivity index (χ0) is 14.5. The molecular weight excluding hydrogens is 252 g/mol. The number of carbonyl (C=O) groups is 1. The van der Waals surface area contributed by atoms with Gasteiger partial charge in [-0.25, -0.2) is 0 Å². The fraction of sp³-hybridized carbons (Fsp3) is 0.235. The van der Waals surface area contributed by atoms with Gasteiger partial charge in [0.1, 0.15) is 11.5 Å². The van der Waals surface area contributed by atoms with Crippen LogP contribution in [0, 0.1) is 6.92 Å². The van der Waals surface area contributed by atoms with Crippen molar-refractivity contribution in [1.82, 2.24) is 0 Å². The van der Waals surface area contributed by atoms with Gasteiger partial charge >= 0.3 is 0 Å². The van der Waals surface area contributed by atoms with Crippen molar-refractivity contribution in [3.8, 4) is 11.5 Å². The summed E-state index contributed by atoms with van der Waals surface area (Å²) in [5.74, 6) is 1.46. The molecule has 0 amide bonds. The lowest BCUT2D eigenvalue weighted by Gasteiger charge is -2.09. The number of carbonyl (C=O) groups excluding carboxylic acids is 1. The lowest BCUT2D eigenvalue weighted by Crippen LogP contribution is -2.04. The summed E-state index contributed by atoms with van der Waals surface area (Å²) in [5.41, 5.74) is 2.21. The van der Waals surface area contributed by atoms with Crippen molar-refractivity contribution in [1.29, 1.82) is 0 Å². The van der Waals surface area contributed by atoms with Gasteiger partial charge < -0.3 is 9.47 Å². The van der Waals surface area contributed by atoms with Crippen molar-refractivity contribution < 1.29 is 14.3 Å². The van der Waals surface area contributed by atoms with Crippen molar-refractivity contribution in [2.45, 2.75) is 13.8 Å². The van der Waals surface area contributed by atoms with Crippen molar-refractivity contribution in [2.75, 3.05) is 13.7 Å². The maximum Gasteiger partial charge on any atom is 0.193 e. The van der Waals surface area contributed by atoms with Gasteiger partial charge in [0.2, 0.25) is 0 Å². The van der Waals surface area contributed by atoms with Gasteiger partial charge in [-0.1, -0.05) is 12.1 Å². The Morgan fingerprint density at radius 1 is 1.10 bits per heavy atom. The Morgan fingerprint density at radius 3 is 2.55 bits per heavy atom. The van der Waals surface area contributed by atoms with E-state index in [1.165, 1.54) is 0 Å². The van der Waals surface area contributed by atoms with Crippen LogP contribution in [0.4, 0.5) is 0 Å². The predicted molar refractivity (Wildman–Crippen MR) is 78.8 cm³/mol. The molecule has 0 unspecified atom stereocenters. The first kappa shape index (κ1) is 14.1. The maximum atomic E-state index is 12.5. The minimum Gasteiger partial charge on any atom is -0.497 e. The first-order valence-corrected chi connectivity index (χ1v) is 6.58. The maximum absolute atomic E-state index is 12.5. The molecule has 0 aliphatic carbocycles. The van der Waals surface area contributed by atoms with E-state index in [9.17, 15) is 4.79 Å². The van der Waals surface area contributed by atoms with Crippen molar-refractivity contribution in [3.05, 3.63) is 59.2 Å². The van der Waals surface area contributed by atoms with Gasteiger partial charge in [-0.3, -0.25) is 4.79 Å². The van der Waals surface area contributed by atoms with Crippen molar-refractivity contribution in [2.24, 2.45) is 0 Å². The number of methoxy groups -OCH3 is 1. The molecule has 2 aromatic rings. The molecule has 0 atom stereocenters. The van der Waals surface area contributed by atoms with E-state index in [-0.39, 0.29) is 5.78 Å². The van der Waals surface area contributed by atoms with E-state index in [1.807, 2.05) is 32.0 Å². The van der Waals surface area contributed by atoms with Gasteiger partial charge in [0.25, 0.3) is 0 Å². The van der Waals surface area contributed by atoms with Crippen LogP contribution in [0.1, 0.15) is 28.4 Å². The van der Waals surface area contributed by atoms with Crippen molar-refractivity contribution in [3.63, 3.8) is 0 Å². The summed E-state index contributed by atoms with van der Waals surface area (Å²) < 4.78 is 10.6. The molecule has 0 radical (unpaired) electrons. The van der Waals surface area contributed by atoms with E-state index in [2.05, 4.69) is 0 Å². The molecule has 0 spiro atoms. The van der Waals surface area contributed by atoms with Crippen LogP contribution in [0.15, 0.2) is 42.5 Å². The minimum absolute atomic E-state index is 0.00768. The number of hydrogen-bond donors (Lipinski definition) is 0. The average molecular weight is 270 g/mol. The topological polar surface area (TPSA) is 35.5 Å². The molecule has 0 fully saturated rings. The van der Waals surface area contributed by atoms with Gasteiger partial charge in [0.05, 0.1) is 13.7 Å². The van der Waals surface area contributed by atoms with Crippen LogP contribution in [0.3, 0.4) is 0 Å². The molecule has 0 saturated heterocycles. The van der Waals surface area contributed by atoms with Gasteiger partial charge in [-0.2, -0.15) is 0 Å². The number of hydrogen-bond acceptors (Lipinski definition) is 3. The number of benzene rings is 2. The van der Waals surface area contributed by atoms with E-state index in [0.717, 1.165) is 11.3 Å². The Kier molecular flexibility index (Phi) is 4.41. The molecule has 104 valence electrons. The molecule has 0 aromatic heterocycles. The van der Waals surface area contributed by atoms with Crippen LogP contribution in [0.5, 0.6) is 11.5 Å². The number of aryl methyl sites for hydroxylation is 1. The third-order valence-corrected chi connectivity index (χ3v) is 3.09. The predicted octanol–water partition coefficient (Wildman–Crippen LogP) is 3.63. The Labute approximate surface area is 119 Å². The van der Waals surface area contributed by atoms with Crippen LogP contribution < -0.4 is 9.47 Å². The fourth-order valence-corrected chi connectivity index (χ4v) is 2.07. The molecule has 2 rings (SSSR count). The summed E-state index contributed by atoms with van der Waals surface area (Å²) in [6.45, 7) is 4.41. The summed E-state index contributed by atoms with van der Waals surface area (Å²) >= 11 is 0. The summed E-state index contributed by atoms with van der Waals surface area (Å²) in [4.78, 5) is 12.5. The van der Waals surface area contributed by atoms with Crippen LogP contribution in [0.25, 0.3) is 0 Å². The van der Waals surface area contributed by atoms with Gasteiger partial charge in [0.15, 0.2) is 5.78 Å². The second kappa shape index (κ2) is 6.24. The smallest absolute Gasteiger partial charge is 0.193 e. The second-order valence-electron chi connectivity index (χ2n) is 4.47. The van der Waals surface area contributed by atoms with Crippen molar-refractivity contribution >= 4 is 5.78 Å². The first-order valence-electron chi connectivity index (χ1n) is 6.58. The highest BCUT2D eigenvalue weighted by atomic mass is 16.5. The van der Waals surface area contributed by atoms with Gasteiger partial charge in [-0.15, -0.1) is 0 Å². The molecule has 0 saturated carbocycles. The van der Waals surface area contributed by atoms with E-state index >= 15 is 0 Å². The summed E-state index contributed by atoms with van der Waals surface area (Å²) in [6, 6.07) is 12.7. The van der Waals surface area contributed by atoms with E-state index in [1.54, 1.807) is 31.4 Å². The zero-order valence-electron chi connectivity index (χ0n) is 12.0. The second-order valence-corrected chi connectivity index (χ2v) is 4.47. The largest absolute Gasteiger partial charge is 0.497 e. The van der Waals surface area contributed by atoms with Crippen LogP contribution in [-0.2, 0) is 0 Å². The average Bonchev–Trinajstić information content (AvgIpc) is 2.47. The lowest BCUT2D eigenvalue weighted by molar-refractivity contribution is 0.103. The van der Waals surface area contributed by atoms with E-state index in [4.69, 9.17) is 9.47 Å². The highest BCUT2D eigenvalue weighted by molar-refractivity contribution is 6.10. The molecule has 20 heavy (non-hydrogen) atoms. The molecule has 0 aliphatic rings. The Balaban J connectivity index is 2.33. The first-order chi connectivity index (χ1) is 9.65.